The van der Waals surface area contributed by atoms with E-state index < -0.39 is 0 Å². The maximum absolute atomic E-state index is 12.6. The number of nitrogens with zero attached hydrogens (tertiary/aromatic N) is 1. The number of carbonyl (C=O) groups is 2. The van der Waals surface area contributed by atoms with Crippen LogP contribution in [0.3, 0.4) is 0 Å². The molecule has 2 aromatic carbocycles. The van der Waals surface area contributed by atoms with E-state index in [9.17, 15) is 9.59 Å². The lowest BCUT2D eigenvalue weighted by Gasteiger charge is -2.14. The van der Waals surface area contributed by atoms with Crippen molar-refractivity contribution in [3.05, 3.63) is 65.2 Å². The van der Waals surface area contributed by atoms with Crippen molar-refractivity contribution >= 4 is 28.8 Å². The Bertz CT molecular complexity index is 999. The lowest BCUT2D eigenvalue weighted by atomic mass is 10.1. The van der Waals surface area contributed by atoms with E-state index in [-0.39, 0.29) is 17.9 Å². The minimum absolute atomic E-state index is 0.0338. The summed E-state index contributed by atoms with van der Waals surface area (Å²) in [6, 6.07) is 14.8. The molecule has 3 aromatic rings. The summed E-state index contributed by atoms with van der Waals surface area (Å²) in [5, 5.41) is 8.25. The minimum atomic E-state index is -0.238. The molecule has 0 aliphatic rings. The van der Waals surface area contributed by atoms with Crippen LogP contribution in [0, 0.1) is 0 Å². The van der Waals surface area contributed by atoms with Gasteiger partial charge in [0.1, 0.15) is 16.5 Å². The monoisotopic (exact) mass is 409 g/mol. The van der Waals surface area contributed by atoms with Crippen molar-refractivity contribution in [1.29, 1.82) is 0 Å². The van der Waals surface area contributed by atoms with Crippen molar-refractivity contribution in [1.82, 2.24) is 10.3 Å². The van der Waals surface area contributed by atoms with E-state index in [1.165, 1.54) is 11.3 Å². The number of aromatic nitrogens is 1. The van der Waals surface area contributed by atoms with Gasteiger partial charge in [0.25, 0.3) is 5.91 Å². The fraction of sp³-hybridized carbons (Fsp3) is 0.227. The van der Waals surface area contributed by atoms with Gasteiger partial charge in [-0.05, 0) is 36.8 Å². The smallest absolute Gasteiger partial charge is 0.271 e. The van der Waals surface area contributed by atoms with E-state index in [0.29, 0.717) is 12.1 Å². The normalized spacial score (nSPS) is 11.6. The van der Waals surface area contributed by atoms with E-state index in [2.05, 4.69) is 15.6 Å². The Balaban J connectivity index is 1.67. The number of nitrogens with one attached hydrogen (secondary N) is 2. The van der Waals surface area contributed by atoms with Gasteiger partial charge in [-0.3, -0.25) is 9.59 Å². The highest BCUT2D eigenvalue weighted by molar-refractivity contribution is 7.13. The topological polar surface area (TPSA) is 80.3 Å². The summed E-state index contributed by atoms with van der Waals surface area (Å²) in [5.41, 5.74) is 2.90. The zero-order valence-corrected chi connectivity index (χ0v) is 17.4. The molecule has 0 saturated carbocycles. The fourth-order valence-corrected chi connectivity index (χ4v) is 3.61. The highest BCUT2D eigenvalue weighted by Gasteiger charge is 2.17. The van der Waals surface area contributed by atoms with Gasteiger partial charge in [0, 0.05) is 17.5 Å². The molecule has 0 radical (unpaired) electrons. The Kier molecular flexibility index (Phi) is 6.61. The predicted octanol–water partition coefficient (Wildman–Crippen LogP) is 4.66. The second-order valence-corrected chi connectivity index (χ2v) is 7.32. The number of hydrogen-bond donors (Lipinski definition) is 2. The Morgan fingerprint density at radius 1 is 1.14 bits per heavy atom. The lowest BCUT2D eigenvalue weighted by Crippen LogP contribution is -2.26. The molecule has 0 aliphatic heterocycles. The molecule has 150 valence electrons. The molecule has 7 heteroatoms. The van der Waals surface area contributed by atoms with E-state index in [0.717, 1.165) is 27.6 Å². The molecule has 3 rings (SSSR count). The van der Waals surface area contributed by atoms with E-state index in [4.69, 9.17) is 4.74 Å². The van der Waals surface area contributed by atoms with Gasteiger partial charge in [-0.15, -0.1) is 11.3 Å². The maximum Gasteiger partial charge on any atom is 0.271 e. The summed E-state index contributed by atoms with van der Waals surface area (Å²) >= 11 is 1.40. The minimum Gasteiger partial charge on any atom is -0.496 e. The SMILES string of the molecule is CCC(=O)Nc1ccc(C(C)NC(=O)c2csc(-c3ccccc3OC)n2)cc1. The van der Waals surface area contributed by atoms with Gasteiger partial charge < -0.3 is 15.4 Å². The van der Waals surface area contributed by atoms with Crippen LogP contribution in [-0.4, -0.2) is 23.9 Å². The first kappa shape index (κ1) is 20.5. The Morgan fingerprint density at radius 2 is 1.86 bits per heavy atom. The third kappa shape index (κ3) is 5.00. The third-order valence-corrected chi connectivity index (χ3v) is 5.31. The van der Waals surface area contributed by atoms with Crippen LogP contribution < -0.4 is 15.4 Å². The van der Waals surface area contributed by atoms with Crippen molar-refractivity contribution < 1.29 is 14.3 Å². The second-order valence-electron chi connectivity index (χ2n) is 6.46. The van der Waals surface area contributed by atoms with Crippen LogP contribution in [0.25, 0.3) is 10.6 Å². The summed E-state index contributed by atoms with van der Waals surface area (Å²) in [5.74, 6) is 0.448. The average Bonchev–Trinajstić information content (AvgIpc) is 3.24. The van der Waals surface area contributed by atoms with Gasteiger partial charge in [0.15, 0.2) is 0 Å². The number of benzene rings is 2. The first-order valence-electron chi connectivity index (χ1n) is 9.31. The van der Waals surface area contributed by atoms with Crippen molar-refractivity contribution in [2.75, 3.05) is 12.4 Å². The van der Waals surface area contributed by atoms with Crippen molar-refractivity contribution in [3.63, 3.8) is 0 Å². The Hall–Kier alpha value is -3.19. The molecule has 2 N–H and O–H groups in total. The third-order valence-electron chi connectivity index (χ3n) is 4.44. The lowest BCUT2D eigenvalue weighted by molar-refractivity contribution is -0.115. The Morgan fingerprint density at radius 3 is 2.55 bits per heavy atom. The molecule has 0 saturated heterocycles. The first-order chi connectivity index (χ1) is 14.0. The van der Waals surface area contributed by atoms with Crippen LogP contribution in [0.2, 0.25) is 0 Å². The maximum atomic E-state index is 12.6. The van der Waals surface area contributed by atoms with E-state index >= 15 is 0 Å². The molecule has 1 unspecified atom stereocenters. The van der Waals surface area contributed by atoms with Crippen molar-refractivity contribution in [2.45, 2.75) is 26.3 Å². The molecule has 1 atom stereocenters. The summed E-state index contributed by atoms with van der Waals surface area (Å²) in [6.45, 7) is 3.71. The van der Waals surface area contributed by atoms with Crippen molar-refractivity contribution in [3.8, 4) is 16.3 Å². The Labute approximate surface area is 173 Å². The number of ether oxygens (including phenoxy) is 1. The second kappa shape index (κ2) is 9.34. The molecular formula is C22H23N3O3S. The molecule has 0 aliphatic carbocycles. The molecule has 6 nitrogen and oxygen atoms in total. The average molecular weight is 410 g/mol. The highest BCUT2D eigenvalue weighted by atomic mass is 32.1. The first-order valence-corrected chi connectivity index (χ1v) is 10.2. The number of anilines is 1. The summed E-state index contributed by atoms with van der Waals surface area (Å²) < 4.78 is 5.37. The predicted molar refractivity (Wildman–Crippen MR) is 115 cm³/mol. The molecule has 29 heavy (non-hydrogen) atoms. The quantitative estimate of drug-likeness (QED) is 0.595. The number of amides is 2. The molecular weight excluding hydrogens is 386 g/mol. The number of rotatable bonds is 7. The summed E-state index contributed by atoms with van der Waals surface area (Å²) in [6.07, 6.45) is 0.429. The van der Waals surface area contributed by atoms with E-state index in [1.807, 2.05) is 55.5 Å². The van der Waals surface area contributed by atoms with Crippen LogP contribution in [-0.2, 0) is 4.79 Å². The number of carbonyl (C=O) groups excluding carboxylic acids is 2. The van der Waals surface area contributed by atoms with Crippen molar-refractivity contribution in [2.24, 2.45) is 0 Å². The standard InChI is InChI=1S/C22H23N3O3S/c1-4-20(26)24-16-11-9-15(10-12-16)14(2)23-21(27)18-13-29-22(25-18)17-7-5-6-8-19(17)28-3/h5-14H,4H2,1-3H3,(H,23,27)(H,24,26). The van der Waals surface area contributed by atoms with Crippen LogP contribution in [0.1, 0.15) is 42.4 Å². The molecule has 0 bridgehead atoms. The zero-order chi connectivity index (χ0) is 20.8. The molecule has 0 fully saturated rings. The number of thiazole rings is 1. The van der Waals surface area contributed by atoms with Crippen LogP contribution >= 0.6 is 11.3 Å². The number of para-hydroxylation sites is 1. The number of methoxy groups -OCH3 is 1. The summed E-state index contributed by atoms with van der Waals surface area (Å²) in [4.78, 5) is 28.6. The van der Waals surface area contributed by atoms with Gasteiger partial charge >= 0.3 is 0 Å². The van der Waals surface area contributed by atoms with Gasteiger partial charge in [0.05, 0.1) is 18.7 Å². The van der Waals surface area contributed by atoms with Crippen LogP contribution in [0.5, 0.6) is 5.75 Å². The van der Waals surface area contributed by atoms with Crippen LogP contribution in [0.15, 0.2) is 53.9 Å². The zero-order valence-electron chi connectivity index (χ0n) is 16.6. The fourth-order valence-electron chi connectivity index (χ4n) is 2.78. The number of hydrogen-bond acceptors (Lipinski definition) is 5. The van der Waals surface area contributed by atoms with Crippen LogP contribution in [0.4, 0.5) is 5.69 Å². The van der Waals surface area contributed by atoms with Gasteiger partial charge in [-0.1, -0.05) is 31.2 Å². The summed E-state index contributed by atoms with van der Waals surface area (Å²) in [7, 11) is 1.61. The van der Waals surface area contributed by atoms with Gasteiger partial charge in [-0.25, -0.2) is 4.98 Å². The molecule has 1 heterocycles. The molecule has 2 amide bonds. The molecule has 0 spiro atoms. The largest absolute Gasteiger partial charge is 0.496 e. The highest BCUT2D eigenvalue weighted by Crippen LogP contribution is 2.32. The molecule has 1 aromatic heterocycles. The van der Waals surface area contributed by atoms with Gasteiger partial charge in [-0.2, -0.15) is 0 Å². The van der Waals surface area contributed by atoms with E-state index in [1.54, 1.807) is 19.4 Å². The van der Waals surface area contributed by atoms with Gasteiger partial charge in [0.2, 0.25) is 5.91 Å².